The number of ether oxygens (including phenoxy) is 1. The lowest BCUT2D eigenvalue weighted by atomic mass is 10.2. The minimum atomic E-state index is -1.22. The maximum Gasteiger partial charge on any atom is 0.275 e. The summed E-state index contributed by atoms with van der Waals surface area (Å²) in [6.45, 7) is 1.95. The number of anilines is 2. The van der Waals surface area contributed by atoms with Gasteiger partial charge in [-0.3, -0.25) is 9.59 Å². The van der Waals surface area contributed by atoms with E-state index in [-0.39, 0.29) is 0 Å². The number of benzene rings is 2. The van der Waals surface area contributed by atoms with Crippen molar-refractivity contribution in [2.24, 2.45) is 0 Å². The van der Waals surface area contributed by atoms with Gasteiger partial charge in [0.2, 0.25) is 0 Å². The van der Waals surface area contributed by atoms with Crippen molar-refractivity contribution in [1.82, 2.24) is 0 Å². The smallest absolute Gasteiger partial charge is 0.275 e. The summed E-state index contributed by atoms with van der Waals surface area (Å²) in [7, 11) is 0. The van der Waals surface area contributed by atoms with Crippen molar-refractivity contribution in [2.45, 2.75) is 13.0 Å². The second kappa shape index (κ2) is 5.81. The summed E-state index contributed by atoms with van der Waals surface area (Å²) in [6.07, 6.45) is -1.22. The van der Waals surface area contributed by atoms with Gasteiger partial charge < -0.3 is 15.4 Å². The van der Waals surface area contributed by atoms with Crippen LogP contribution in [-0.4, -0.2) is 17.9 Å². The molecular weight excluding hydrogens is 348 g/mol. The number of aryl methyl sites for hydroxylation is 1. The van der Waals surface area contributed by atoms with E-state index in [2.05, 4.69) is 26.6 Å². The Balaban J connectivity index is 1.79. The highest BCUT2D eigenvalue weighted by Crippen LogP contribution is 2.29. The second-order valence-electron chi connectivity index (χ2n) is 4.96. The molecular formula is C16H13BrN2O3. The fourth-order valence-electron chi connectivity index (χ4n) is 2.14. The lowest BCUT2D eigenvalue weighted by molar-refractivity contribution is -0.133. The Hall–Kier alpha value is -2.34. The minimum Gasteiger partial charge on any atom is -0.468 e. The Morgan fingerprint density at radius 1 is 1.27 bits per heavy atom. The summed E-state index contributed by atoms with van der Waals surface area (Å²) < 4.78 is 6.25. The van der Waals surface area contributed by atoms with Crippen molar-refractivity contribution in [3.63, 3.8) is 0 Å². The minimum absolute atomic E-state index is 0.477. The predicted octanol–water partition coefficient (Wildman–Crippen LogP) is 3.10. The highest BCUT2D eigenvalue weighted by Gasteiger charge is 2.34. The van der Waals surface area contributed by atoms with Crippen LogP contribution in [0.25, 0.3) is 0 Å². The Morgan fingerprint density at radius 3 is 2.82 bits per heavy atom. The first-order valence-corrected chi connectivity index (χ1v) is 7.47. The average molecular weight is 361 g/mol. The third-order valence-electron chi connectivity index (χ3n) is 3.25. The molecule has 2 N–H and O–H groups in total. The van der Waals surface area contributed by atoms with Crippen LogP contribution in [-0.2, 0) is 9.59 Å². The molecule has 2 amide bonds. The summed E-state index contributed by atoms with van der Waals surface area (Å²) in [5.41, 5.74) is 2.21. The van der Waals surface area contributed by atoms with Gasteiger partial charge >= 0.3 is 0 Å². The number of carbonyl (C=O) groups excluding carboxylic acids is 2. The van der Waals surface area contributed by atoms with E-state index in [4.69, 9.17) is 4.74 Å². The molecule has 1 aliphatic heterocycles. The molecule has 0 radical (unpaired) electrons. The quantitative estimate of drug-likeness (QED) is 0.808. The summed E-state index contributed by atoms with van der Waals surface area (Å²) >= 11 is 3.38. The van der Waals surface area contributed by atoms with Gasteiger partial charge in [-0.1, -0.05) is 18.2 Å². The largest absolute Gasteiger partial charge is 0.468 e. The monoisotopic (exact) mass is 360 g/mol. The van der Waals surface area contributed by atoms with Crippen LogP contribution in [0.4, 0.5) is 11.4 Å². The van der Waals surface area contributed by atoms with Crippen molar-refractivity contribution in [3.05, 3.63) is 52.5 Å². The van der Waals surface area contributed by atoms with Gasteiger partial charge in [0.15, 0.2) is 0 Å². The molecule has 3 rings (SSSR count). The van der Waals surface area contributed by atoms with Gasteiger partial charge in [0.1, 0.15) is 5.75 Å². The van der Waals surface area contributed by atoms with Crippen LogP contribution < -0.4 is 15.4 Å². The van der Waals surface area contributed by atoms with Gasteiger partial charge in [-0.15, -0.1) is 0 Å². The molecule has 6 heteroatoms. The van der Waals surface area contributed by atoms with E-state index in [9.17, 15) is 9.59 Å². The first-order chi connectivity index (χ1) is 10.5. The zero-order chi connectivity index (χ0) is 15.7. The van der Waals surface area contributed by atoms with Crippen LogP contribution in [0, 0.1) is 6.92 Å². The van der Waals surface area contributed by atoms with E-state index in [1.165, 1.54) is 0 Å². The van der Waals surface area contributed by atoms with Crippen molar-refractivity contribution in [3.8, 4) is 5.75 Å². The van der Waals surface area contributed by atoms with Gasteiger partial charge in [0.05, 0.1) is 11.4 Å². The lowest BCUT2D eigenvalue weighted by Gasteiger charge is -2.25. The average Bonchev–Trinajstić information content (AvgIpc) is 2.49. The number of nitrogens with one attached hydrogen (secondary N) is 2. The number of amides is 2. The van der Waals surface area contributed by atoms with E-state index in [0.717, 1.165) is 10.0 Å². The van der Waals surface area contributed by atoms with E-state index in [1.54, 1.807) is 30.3 Å². The Bertz CT molecular complexity index is 761. The highest BCUT2D eigenvalue weighted by molar-refractivity contribution is 9.10. The number of rotatable bonds is 2. The van der Waals surface area contributed by atoms with E-state index < -0.39 is 17.9 Å². The number of para-hydroxylation sites is 2. The standard InChI is InChI=1S/C16H13BrN2O3/c1-9-6-7-11(10(17)8-9)18-15(20)14-16(21)19-12-4-2-3-5-13(12)22-14/h2-8,14H,1H3,(H,18,20)(H,19,21). The number of fused-ring (bicyclic) bond motifs is 1. The molecule has 1 atom stereocenters. The van der Waals surface area contributed by atoms with E-state index >= 15 is 0 Å². The molecule has 5 nitrogen and oxygen atoms in total. The summed E-state index contributed by atoms with van der Waals surface area (Å²) in [4.78, 5) is 24.3. The van der Waals surface area contributed by atoms with Crippen LogP contribution >= 0.6 is 15.9 Å². The van der Waals surface area contributed by atoms with Crippen LogP contribution in [0.1, 0.15) is 5.56 Å². The lowest BCUT2D eigenvalue weighted by Crippen LogP contribution is -2.45. The molecule has 1 aliphatic rings. The van der Waals surface area contributed by atoms with Crippen LogP contribution in [0.5, 0.6) is 5.75 Å². The molecule has 112 valence electrons. The van der Waals surface area contributed by atoms with Gasteiger partial charge in [-0.2, -0.15) is 0 Å². The summed E-state index contributed by atoms with van der Waals surface area (Å²) in [5, 5.41) is 5.36. The molecule has 0 spiro atoms. The van der Waals surface area contributed by atoms with Gasteiger partial charge in [0, 0.05) is 4.47 Å². The molecule has 2 aromatic carbocycles. The van der Waals surface area contributed by atoms with Crippen LogP contribution in [0.3, 0.4) is 0 Å². The first kappa shape index (κ1) is 14.6. The molecule has 1 heterocycles. The number of halogens is 1. The SMILES string of the molecule is Cc1ccc(NC(=O)C2Oc3ccccc3NC2=O)c(Br)c1. The number of carbonyl (C=O) groups is 2. The maximum absolute atomic E-state index is 12.3. The molecule has 0 saturated heterocycles. The zero-order valence-corrected chi connectivity index (χ0v) is 13.3. The van der Waals surface area contributed by atoms with Crippen LogP contribution in [0.2, 0.25) is 0 Å². The topological polar surface area (TPSA) is 67.4 Å². The normalized spacial score (nSPS) is 16.3. The van der Waals surface area contributed by atoms with Crippen molar-refractivity contribution in [1.29, 1.82) is 0 Å². The summed E-state index contributed by atoms with van der Waals surface area (Å²) in [5.74, 6) is -0.527. The maximum atomic E-state index is 12.3. The third-order valence-corrected chi connectivity index (χ3v) is 3.90. The molecule has 0 aliphatic carbocycles. The van der Waals surface area contributed by atoms with Gasteiger partial charge in [-0.25, -0.2) is 0 Å². The van der Waals surface area contributed by atoms with Crippen LogP contribution in [0.15, 0.2) is 46.9 Å². The molecule has 0 saturated carbocycles. The second-order valence-corrected chi connectivity index (χ2v) is 5.81. The Kier molecular flexibility index (Phi) is 3.85. The predicted molar refractivity (Wildman–Crippen MR) is 87.0 cm³/mol. The fourth-order valence-corrected chi connectivity index (χ4v) is 2.74. The molecule has 22 heavy (non-hydrogen) atoms. The highest BCUT2D eigenvalue weighted by atomic mass is 79.9. The van der Waals surface area contributed by atoms with Crippen molar-refractivity contribution >= 4 is 39.1 Å². The Morgan fingerprint density at radius 2 is 2.05 bits per heavy atom. The fraction of sp³-hybridized carbons (Fsp3) is 0.125. The van der Waals surface area contributed by atoms with E-state index in [1.807, 2.05) is 19.1 Å². The van der Waals surface area contributed by atoms with Crippen molar-refractivity contribution in [2.75, 3.05) is 10.6 Å². The van der Waals surface area contributed by atoms with Crippen molar-refractivity contribution < 1.29 is 14.3 Å². The molecule has 0 fully saturated rings. The molecule has 0 aromatic heterocycles. The number of hydrogen-bond donors (Lipinski definition) is 2. The van der Waals surface area contributed by atoms with Gasteiger partial charge in [0.25, 0.3) is 17.9 Å². The zero-order valence-electron chi connectivity index (χ0n) is 11.7. The molecule has 1 unspecified atom stereocenters. The van der Waals surface area contributed by atoms with E-state index in [0.29, 0.717) is 17.1 Å². The Labute approximate surface area is 135 Å². The summed E-state index contributed by atoms with van der Waals surface area (Å²) in [6, 6.07) is 12.5. The molecule has 2 aromatic rings. The third kappa shape index (κ3) is 2.82. The number of hydrogen-bond acceptors (Lipinski definition) is 3. The molecule has 0 bridgehead atoms. The first-order valence-electron chi connectivity index (χ1n) is 6.68. The van der Waals surface area contributed by atoms with Gasteiger partial charge in [-0.05, 0) is 52.7 Å².